The molecule has 21 heavy (non-hydrogen) atoms. The third kappa shape index (κ3) is 3.54. The molecule has 0 spiro atoms. The average molecular weight is 315 g/mol. The highest BCUT2D eigenvalue weighted by atomic mass is 35.5. The van der Waals surface area contributed by atoms with Crippen molar-refractivity contribution < 1.29 is 14.2 Å². The Morgan fingerprint density at radius 3 is 3.00 bits per heavy atom. The summed E-state index contributed by atoms with van der Waals surface area (Å²) >= 11 is 0. The van der Waals surface area contributed by atoms with Crippen LogP contribution in [0.5, 0.6) is 17.2 Å². The maximum Gasteiger partial charge on any atom is 0.231 e. The summed E-state index contributed by atoms with van der Waals surface area (Å²) < 4.78 is 16.3. The summed E-state index contributed by atoms with van der Waals surface area (Å²) in [6.45, 7) is 4.62. The summed E-state index contributed by atoms with van der Waals surface area (Å²) in [7, 11) is 3.69. The van der Waals surface area contributed by atoms with Gasteiger partial charge in [0.2, 0.25) is 12.5 Å². The molecule has 0 amide bonds. The Hall–Kier alpha value is -1.17. The SMILES string of the molecule is CNCC1CCN(Cc2cc(OC)c3c(c2)OCO3)C1.Cl. The van der Waals surface area contributed by atoms with Crippen LogP contribution in [0.4, 0.5) is 0 Å². The van der Waals surface area contributed by atoms with Crippen molar-refractivity contribution in [3.05, 3.63) is 17.7 Å². The largest absolute Gasteiger partial charge is 0.493 e. The van der Waals surface area contributed by atoms with Crippen LogP contribution in [0.3, 0.4) is 0 Å². The lowest BCUT2D eigenvalue weighted by molar-refractivity contribution is 0.171. The number of rotatable bonds is 5. The number of fused-ring (bicyclic) bond motifs is 1. The predicted octanol–water partition coefficient (Wildman–Crippen LogP) is 1.89. The Morgan fingerprint density at radius 2 is 2.24 bits per heavy atom. The summed E-state index contributed by atoms with van der Waals surface area (Å²) in [4.78, 5) is 2.49. The molecule has 0 radical (unpaired) electrons. The Morgan fingerprint density at radius 1 is 1.38 bits per heavy atom. The van der Waals surface area contributed by atoms with Gasteiger partial charge in [0, 0.05) is 13.1 Å². The van der Waals surface area contributed by atoms with Gasteiger partial charge >= 0.3 is 0 Å². The van der Waals surface area contributed by atoms with Gasteiger partial charge in [-0.1, -0.05) is 0 Å². The monoisotopic (exact) mass is 314 g/mol. The Labute approximate surface area is 132 Å². The summed E-state index contributed by atoms with van der Waals surface area (Å²) in [5.41, 5.74) is 1.22. The molecule has 2 heterocycles. The first-order valence-electron chi connectivity index (χ1n) is 7.13. The van der Waals surface area contributed by atoms with E-state index in [9.17, 15) is 0 Å². The van der Waals surface area contributed by atoms with Gasteiger partial charge in [-0.15, -0.1) is 12.4 Å². The van der Waals surface area contributed by atoms with Crippen molar-refractivity contribution in [1.82, 2.24) is 10.2 Å². The van der Waals surface area contributed by atoms with Crippen molar-refractivity contribution in [3.63, 3.8) is 0 Å². The van der Waals surface area contributed by atoms with Crippen molar-refractivity contribution in [3.8, 4) is 17.2 Å². The molecule has 0 aromatic heterocycles. The van der Waals surface area contributed by atoms with E-state index in [1.807, 2.05) is 7.05 Å². The third-order valence-electron chi connectivity index (χ3n) is 3.99. The van der Waals surface area contributed by atoms with E-state index in [0.29, 0.717) is 0 Å². The molecular formula is C15H23ClN2O3. The first-order valence-corrected chi connectivity index (χ1v) is 7.13. The van der Waals surface area contributed by atoms with Crippen LogP contribution in [0, 0.1) is 5.92 Å². The number of ether oxygens (including phenoxy) is 3. The number of benzene rings is 1. The smallest absolute Gasteiger partial charge is 0.231 e. The second kappa shape index (κ2) is 7.20. The lowest BCUT2D eigenvalue weighted by Gasteiger charge is -2.17. The topological polar surface area (TPSA) is 43.0 Å². The zero-order chi connectivity index (χ0) is 13.9. The van der Waals surface area contributed by atoms with Crippen LogP contribution in [0.15, 0.2) is 12.1 Å². The molecule has 3 rings (SSSR count). The van der Waals surface area contributed by atoms with Gasteiger partial charge < -0.3 is 19.5 Å². The Bertz CT molecular complexity index is 484. The van der Waals surface area contributed by atoms with Gasteiger partial charge in [-0.3, -0.25) is 4.90 Å². The Kier molecular flexibility index (Phi) is 5.56. The molecule has 1 unspecified atom stereocenters. The summed E-state index contributed by atoms with van der Waals surface area (Å²) in [5.74, 6) is 3.05. The molecule has 2 aliphatic rings. The molecule has 1 saturated heterocycles. The Balaban J connectivity index is 0.00000161. The van der Waals surface area contributed by atoms with Gasteiger partial charge in [-0.25, -0.2) is 0 Å². The standard InChI is InChI=1S/C15H22N2O3.ClH/c1-16-7-11-3-4-17(8-11)9-12-5-13(18-2)15-14(6-12)19-10-20-15;/h5-6,11,16H,3-4,7-10H2,1-2H3;1H. The summed E-state index contributed by atoms with van der Waals surface area (Å²) in [5, 5.41) is 3.26. The van der Waals surface area contributed by atoms with Crippen LogP contribution < -0.4 is 19.5 Å². The van der Waals surface area contributed by atoms with Crippen molar-refractivity contribution >= 4 is 12.4 Å². The van der Waals surface area contributed by atoms with E-state index < -0.39 is 0 Å². The molecule has 1 atom stereocenters. The van der Waals surface area contributed by atoms with E-state index in [0.717, 1.165) is 49.3 Å². The lowest BCUT2D eigenvalue weighted by atomic mass is 10.1. The molecule has 1 aromatic carbocycles. The van der Waals surface area contributed by atoms with Crippen molar-refractivity contribution in [2.24, 2.45) is 5.92 Å². The molecule has 2 aliphatic heterocycles. The molecule has 1 aromatic rings. The molecule has 0 saturated carbocycles. The number of nitrogens with one attached hydrogen (secondary N) is 1. The molecule has 118 valence electrons. The van der Waals surface area contributed by atoms with Gasteiger partial charge in [0.1, 0.15) is 0 Å². The average Bonchev–Trinajstić information content (AvgIpc) is 3.07. The van der Waals surface area contributed by atoms with Crippen molar-refractivity contribution in [1.29, 1.82) is 0 Å². The van der Waals surface area contributed by atoms with Crippen LogP contribution in [-0.2, 0) is 6.54 Å². The van der Waals surface area contributed by atoms with Crippen LogP contribution >= 0.6 is 12.4 Å². The van der Waals surface area contributed by atoms with Crippen LogP contribution in [0.25, 0.3) is 0 Å². The van der Waals surface area contributed by atoms with Gasteiger partial charge in [0.05, 0.1) is 7.11 Å². The summed E-state index contributed by atoms with van der Waals surface area (Å²) in [6.07, 6.45) is 1.27. The second-order valence-corrected chi connectivity index (χ2v) is 5.48. The zero-order valence-electron chi connectivity index (χ0n) is 12.6. The fourth-order valence-electron chi connectivity index (χ4n) is 3.05. The lowest BCUT2D eigenvalue weighted by Crippen LogP contribution is -2.24. The summed E-state index contributed by atoms with van der Waals surface area (Å²) in [6, 6.07) is 4.12. The molecule has 0 bridgehead atoms. The van der Waals surface area contributed by atoms with E-state index in [2.05, 4.69) is 22.3 Å². The van der Waals surface area contributed by atoms with Gasteiger partial charge in [-0.2, -0.15) is 0 Å². The number of hydrogen-bond donors (Lipinski definition) is 1. The quantitative estimate of drug-likeness (QED) is 0.899. The van der Waals surface area contributed by atoms with Gasteiger partial charge in [0.15, 0.2) is 11.5 Å². The van der Waals surface area contributed by atoms with E-state index in [1.165, 1.54) is 12.0 Å². The second-order valence-electron chi connectivity index (χ2n) is 5.48. The number of methoxy groups -OCH3 is 1. The van der Waals surface area contributed by atoms with E-state index in [1.54, 1.807) is 7.11 Å². The number of hydrogen-bond acceptors (Lipinski definition) is 5. The molecule has 6 heteroatoms. The zero-order valence-corrected chi connectivity index (χ0v) is 13.4. The minimum atomic E-state index is 0. The van der Waals surface area contributed by atoms with Gasteiger partial charge in [-0.05, 0) is 50.2 Å². The molecule has 0 aliphatic carbocycles. The molecule has 1 N–H and O–H groups in total. The first-order chi connectivity index (χ1) is 9.80. The number of nitrogens with zero attached hydrogens (tertiary/aromatic N) is 1. The predicted molar refractivity (Wildman–Crippen MR) is 83.7 cm³/mol. The van der Waals surface area contributed by atoms with Gasteiger partial charge in [0.25, 0.3) is 0 Å². The van der Waals surface area contributed by atoms with Crippen molar-refractivity contribution in [2.45, 2.75) is 13.0 Å². The maximum atomic E-state index is 5.48. The number of halogens is 1. The first kappa shape index (κ1) is 16.2. The number of likely N-dealkylation sites (tertiary alicyclic amines) is 1. The van der Waals surface area contributed by atoms with Crippen LogP contribution in [-0.4, -0.2) is 45.5 Å². The van der Waals surface area contributed by atoms with E-state index in [-0.39, 0.29) is 19.2 Å². The highest BCUT2D eigenvalue weighted by Crippen LogP contribution is 2.42. The minimum absolute atomic E-state index is 0. The highest BCUT2D eigenvalue weighted by Gasteiger charge is 2.24. The fraction of sp³-hybridized carbons (Fsp3) is 0.600. The van der Waals surface area contributed by atoms with Crippen molar-refractivity contribution in [2.75, 3.05) is 40.6 Å². The minimum Gasteiger partial charge on any atom is -0.493 e. The van der Waals surface area contributed by atoms with Crippen LogP contribution in [0.1, 0.15) is 12.0 Å². The molecular weight excluding hydrogens is 292 g/mol. The molecule has 1 fully saturated rings. The maximum absolute atomic E-state index is 5.48. The van der Waals surface area contributed by atoms with E-state index >= 15 is 0 Å². The van der Waals surface area contributed by atoms with Crippen LogP contribution in [0.2, 0.25) is 0 Å². The molecule has 5 nitrogen and oxygen atoms in total. The third-order valence-corrected chi connectivity index (χ3v) is 3.99. The highest BCUT2D eigenvalue weighted by molar-refractivity contribution is 5.85. The van der Waals surface area contributed by atoms with E-state index in [4.69, 9.17) is 14.2 Å². The fourth-order valence-corrected chi connectivity index (χ4v) is 3.05. The normalized spacial score (nSPS) is 20.4.